The van der Waals surface area contributed by atoms with Crippen LogP contribution in [0.3, 0.4) is 0 Å². The van der Waals surface area contributed by atoms with E-state index >= 15 is 0 Å². The maximum atomic E-state index is 11.5. The Morgan fingerprint density at radius 2 is 1.95 bits per heavy atom. The minimum atomic E-state index is -1.19. The van der Waals surface area contributed by atoms with E-state index in [1.807, 2.05) is 0 Å². The number of esters is 1. The minimum Gasteiger partial charge on any atom is -0.480 e. The molecule has 4 N–H and O–H groups in total. The summed E-state index contributed by atoms with van der Waals surface area (Å²) in [4.78, 5) is 32.4. The highest BCUT2D eigenvalue weighted by Gasteiger charge is 2.14. The zero-order chi connectivity index (χ0) is 15.8. The number of hydrogen-bond acceptors (Lipinski definition) is 7. The number of hydrogen-bond donors (Lipinski definition) is 3. The van der Waals surface area contributed by atoms with Gasteiger partial charge in [0.15, 0.2) is 5.71 Å². The Labute approximate surface area is 119 Å². The predicted molar refractivity (Wildman–Crippen MR) is 70.9 cm³/mol. The molecule has 0 fully saturated rings. The molecule has 0 aromatic heterocycles. The minimum absolute atomic E-state index is 0.0341. The highest BCUT2D eigenvalue weighted by Crippen LogP contribution is 2.14. The van der Waals surface area contributed by atoms with Gasteiger partial charge in [0.25, 0.3) is 6.29 Å². The number of nitrogens with zero attached hydrogens (tertiary/aromatic N) is 1. The summed E-state index contributed by atoms with van der Waals surface area (Å²) in [5.74, 6) is -1.61. The highest BCUT2D eigenvalue weighted by atomic mass is 16.5. The third-order valence-corrected chi connectivity index (χ3v) is 2.53. The normalized spacial score (nSPS) is 12.5. The first kappa shape index (κ1) is 16.3. The van der Waals surface area contributed by atoms with Crippen molar-refractivity contribution in [1.82, 2.24) is 0 Å². The summed E-state index contributed by atoms with van der Waals surface area (Å²) in [6.07, 6.45) is 1.27. The van der Waals surface area contributed by atoms with E-state index in [0.29, 0.717) is 5.56 Å². The Morgan fingerprint density at radius 3 is 2.43 bits per heavy atom. The van der Waals surface area contributed by atoms with E-state index in [2.05, 4.69) is 5.16 Å². The molecule has 8 nitrogen and oxygen atoms in total. The van der Waals surface area contributed by atoms with Gasteiger partial charge in [-0.05, 0) is 30.7 Å². The van der Waals surface area contributed by atoms with Gasteiger partial charge < -0.3 is 20.8 Å². The van der Waals surface area contributed by atoms with Crippen molar-refractivity contribution in [2.45, 2.75) is 18.9 Å². The maximum Gasteiger partial charge on any atom is 0.320 e. The van der Waals surface area contributed by atoms with E-state index in [0.717, 1.165) is 0 Å². The number of ether oxygens (including phenoxy) is 1. The van der Waals surface area contributed by atoms with E-state index in [1.54, 1.807) is 0 Å². The summed E-state index contributed by atoms with van der Waals surface area (Å²) in [6.45, 7) is 0. The monoisotopic (exact) mass is 293 g/mol. The number of carbonyl (C=O) groups excluding carboxylic acids is 2. The smallest absolute Gasteiger partial charge is 0.320 e. The second-order valence-corrected chi connectivity index (χ2v) is 4.03. The fourth-order valence-corrected chi connectivity index (χ4v) is 1.40. The largest absolute Gasteiger partial charge is 0.480 e. The van der Waals surface area contributed by atoms with Gasteiger partial charge in [-0.25, -0.2) is 0 Å². The van der Waals surface area contributed by atoms with E-state index < -0.39 is 18.0 Å². The molecule has 1 aromatic carbocycles. The molecule has 1 radical (unpaired) electrons. The second-order valence-electron chi connectivity index (χ2n) is 4.03. The number of carboxylic acids is 1. The molecule has 0 amide bonds. The molecule has 0 heterocycles. The van der Waals surface area contributed by atoms with Crippen LogP contribution in [-0.4, -0.2) is 40.3 Å². The van der Waals surface area contributed by atoms with Gasteiger partial charge in [-0.2, -0.15) is 0 Å². The van der Waals surface area contributed by atoms with E-state index in [-0.39, 0.29) is 24.3 Å². The Morgan fingerprint density at radius 1 is 1.33 bits per heavy atom. The fraction of sp³-hybridized carbons (Fsp3) is 0.231. The molecule has 21 heavy (non-hydrogen) atoms. The lowest BCUT2D eigenvalue weighted by molar-refractivity contribution is -0.139. The molecule has 1 atom stereocenters. The first-order valence-electron chi connectivity index (χ1n) is 5.87. The summed E-state index contributed by atoms with van der Waals surface area (Å²) in [6, 6.07) is 4.49. The molecule has 0 bridgehead atoms. The predicted octanol–water partition coefficient (Wildman–Crippen LogP) is 0.0721. The van der Waals surface area contributed by atoms with Crippen LogP contribution in [0.4, 0.5) is 0 Å². The van der Waals surface area contributed by atoms with Gasteiger partial charge in [0, 0.05) is 12.0 Å². The van der Waals surface area contributed by atoms with Crippen molar-refractivity contribution < 1.29 is 29.4 Å². The molecule has 8 heteroatoms. The maximum absolute atomic E-state index is 11.5. The standard InChI is InChI=1S/C13H13N2O6/c14-10(13(18)19)5-6-12(17)21-9-3-1-8(2-4-9)11(7-16)15-20/h1-4,10,20H,5-6,14H2,(H,18,19)/b15-11+/t10-/m1/s1. The van der Waals surface area contributed by atoms with Crippen LogP contribution in [0.15, 0.2) is 29.4 Å². The molecule has 0 saturated heterocycles. The molecule has 1 aromatic rings. The van der Waals surface area contributed by atoms with Gasteiger partial charge in [0.2, 0.25) is 0 Å². The van der Waals surface area contributed by atoms with Crippen LogP contribution in [0.5, 0.6) is 5.75 Å². The lowest BCUT2D eigenvalue weighted by Gasteiger charge is -2.07. The van der Waals surface area contributed by atoms with E-state index in [9.17, 15) is 14.4 Å². The Kier molecular flexibility index (Phi) is 6.02. The average Bonchev–Trinajstić information content (AvgIpc) is 2.47. The first-order valence-corrected chi connectivity index (χ1v) is 5.87. The van der Waals surface area contributed by atoms with Crippen LogP contribution in [-0.2, 0) is 14.4 Å². The van der Waals surface area contributed by atoms with Gasteiger partial charge in [-0.15, -0.1) is 0 Å². The Bertz CT molecular complexity index is 552. The van der Waals surface area contributed by atoms with Crippen molar-refractivity contribution in [3.8, 4) is 5.75 Å². The van der Waals surface area contributed by atoms with Crippen molar-refractivity contribution in [2.24, 2.45) is 10.9 Å². The molecule has 0 aliphatic carbocycles. The van der Waals surface area contributed by atoms with Gasteiger partial charge >= 0.3 is 11.9 Å². The third kappa shape index (κ3) is 5.03. The molecule has 0 aliphatic heterocycles. The topological polar surface area (TPSA) is 139 Å². The summed E-state index contributed by atoms with van der Waals surface area (Å²) in [7, 11) is 0. The molecule has 0 saturated carbocycles. The van der Waals surface area contributed by atoms with Crippen LogP contribution in [0.1, 0.15) is 18.4 Å². The van der Waals surface area contributed by atoms with Crippen LogP contribution in [0, 0.1) is 0 Å². The van der Waals surface area contributed by atoms with Gasteiger partial charge in [-0.3, -0.25) is 14.4 Å². The molecule has 0 spiro atoms. The van der Waals surface area contributed by atoms with Crippen LogP contribution >= 0.6 is 0 Å². The zero-order valence-electron chi connectivity index (χ0n) is 10.9. The van der Waals surface area contributed by atoms with Crippen LogP contribution in [0.2, 0.25) is 0 Å². The summed E-state index contributed by atoms with van der Waals surface area (Å²) in [5.41, 5.74) is 5.29. The lowest BCUT2D eigenvalue weighted by atomic mass is 10.1. The quantitative estimate of drug-likeness (QED) is 0.212. The number of aliphatic carboxylic acids is 1. The van der Waals surface area contributed by atoms with Crippen LogP contribution in [0.25, 0.3) is 0 Å². The van der Waals surface area contributed by atoms with E-state index in [4.69, 9.17) is 20.8 Å². The lowest BCUT2D eigenvalue weighted by Crippen LogP contribution is -2.31. The van der Waals surface area contributed by atoms with Crippen molar-refractivity contribution in [1.29, 1.82) is 0 Å². The Hall–Kier alpha value is -2.74. The summed E-state index contributed by atoms with van der Waals surface area (Å²) < 4.78 is 4.96. The third-order valence-electron chi connectivity index (χ3n) is 2.53. The number of oxime groups is 1. The highest BCUT2D eigenvalue weighted by molar-refractivity contribution is 6.36. The van der Waals surface area contributed by atoms with Gasteiger partial charge in [0.1, 0.15) is 11.8 Å². The van der Waals surface area contributed by atoms with Crippen molar-refractivity contribution in [3.05, 3.63) is 29.8 Å². The first-order chi connectivity index (χ1) is 9.97. The number of nitrogens with two attached hydrogens (primary N) is 1. The van der Waals surface area contributed by atoms with Gasteiger partial charge in [0.05, 0.1) is 0 Å². The second kappa shape index (κ2) is 7.75. The van der Waals surface area contributed by atoms with Gasteiger partial charge in [-0.1, -0.05) is 5.16 Å². The number of carboxylic acid groups (broad SMARTS) is 1. The molecular weight excluding hydrogens is 280 g/mol. The fourth-order valence-electron chi connectivity index (χ4n) is 1.40. The molecular formula is C13H13N2O6. The SMILES string of the molecule is N[C@H](CCC(=O)Oc1ccc(/C([C]=O)=N/O)cc1)C(=O)O. The number of carbonyl (C=O) groups is 2. The number of benzene rings is 1. The van der Waals surface area contributed by atoms with Crippen molar-refractivity contribution >= 4 is 23.9 Å². The van der Waals surface area contributed by atoms with E-state index in [1.165, 1.54) is 30.6 Å². The Balaban J connectivity index is 2.58. The summed E-state index contributed by atoms with van der Waals surface area (Å²) >= 11 is 0. The average molecular weight is 293 g/mol. The molecule has 0 unspecified atom stereocenters. The molecule has 0 aliphatic rings. The molecule has 111 valence electrons. The molecule has 1 rings (SSSR count). The summed E-state index contributed by atoms with van der Waals surface area (Å²) in [5, 5.41) is 19.9. The number of rotatable bonds is 7. The van der Waals surface area contributed by atoms with Crippen molar-refractivity contribution in [2.75, 3.05) is 0 Å². The van der Waals surface area contributed by atoms with Crippen LogP contribution < -0.4 is 10.5 Å². The van der Waals surface area contributed by atoms with Crippen molar-refractivity contribution in [3.63, 3.8) is 0 Å². The zero-order valence-corrected chi connectivity index (χ0v) is 10.9.